The molecule has 0 aromatic heterocycles. The molecule has 0 aromatic carbocycles. The Hall–Kier alpha value is -1.10. The Labute approximate surface area is 127 Å². The lowest BCUT2D eigenvalue weighted by Crippen LogP contribution is -2.52. The van der Waals surface area contributed by atoms with E-state index in [0.717, 1.165) is 32.2 Å². The quantitative estimate of drug-likeness (QED) is 0.834. The third-order valence-corrected chi connectivity index (χ3v) is 4.53. The van der Waals surface area contributed by atoms with Crippen LogP contribution in [0.2, 0.25) is 0 Å². The first kappa shape index (κ1) is 16.3. The Bertz CT molecular complexity index is 403. The molecule has 0 saturated carbocycles. The maximum absolute atomic E-state index is 12.8. The van der Waals surface area contributed by atoms with Gasteiger partial charge in [0.25, 0.3) is 0 Å². The lowest BCUT2D eigenvalue weighted by Gasteiger charge is -2.37. The molecule has 120 valence electrons. The first-order valence-electron chi connectivity index (χ1n) is 8.05. The van der Waals surface area contributed by atoms with Crippen LogP contribution in [0.3, 0.4) is 0 Å². The predicted molar refractivity (Wildman–Crippen MR) is 80.6 cm³/mol. The fourth-order valence-corrected chi connectivity index (χ4v) is 3.32. The molecule has 2 heterocycles. The number of nitrogens with zero attached hydrogens (tertiary/aromatic N) is 2. The molecule has 2 saturated heterocycles. The topological polar surface area (TPSA) is 60.9 Å². The van der Waals surface area contributed by atoms with Gasteiger partial charge in [0, 0.05) is 31.7 Å². The minimum Gasteiger partial charge on any atom is -0.396 e. The molecule has 0 radical (unpaired) electrons. The second-order valence-corrected chi connectivity index (χ2v) is 7.38. The highest BCUT2D eigenvalue weighted by atomic mass is 16.3. The average molecular weight is 296 g/mol. The van der Waals surface area contributed by atoms with Crippen molar-refractivity contribution in [2.45, 2.75) is 52.5 Å². The molecule has 5 heteroatoms. The standard InChI is InChI=1S/C16H28N2O3/c1-16(2,3)15(21)18-9-5-7-13(18)14(20)17-8-4-6-12(10-17)11-19/h12-13,19H,4-11H2,1-3H3. The summed E-state index contributed by atoms with van der Waals surface area (Å²) < 4.78 is 0. The Morgan fingerprint density at radius 3 is 2.43 bits per heavy atom. The number of likely N-dealkylation sites (tertiary alicyclic amines) is 2. The summed E-state index contributed by atoms with van der Waals surface area (Å²) in [4.78, 5) is 28.9. The van der Waals surface area contributed by atoms with Crippen LogP contribution in [-0.4, -0.2) is 59.0 Å². The van der Waals surface area contributed by atoms with Crippen molar-refractivity contribution in [3.8, 4) is 0 Å². The van der Waals surface area contributed by atoms with Crippen LogP contribution in [0.1, 0.15) is 46.5 Å². The second-order valence-electron chi connectivity index (χ2n) is 7.38. The Morgan fingerprint density at radius 1 is 1.14 bits per heavy atom. The van der Waals surface area contributed by atoms with Crippen molar-refractivity contribution in [3.05, 3.63) is 0 Å². The van der Waals surface area contributed by atoms with Crippen LogP contribution < -0.4 is 0 Å². The van der Waals surface area contributed by atoms with Crippen LogP contribution in [-0.2, 0) is 9.59 Å². The van der Waals surface area contributed by atoms with Crippen molar-refractivity contribution in [3.63, 3.8) is 0 Å². The first-order valence-corrected chi connectivity index (χ1v) is 8.05. The molecule has 2 aliphatic rings. The summed E-state index contributed by atoms with van der Waals surface area (Å²) in [5.41, 5.74) is -0.446. The monoisotopic (exact) mass is 296 g/mol. The van der Waals surface area contributed by atoms with E-state index >= 15 is 0 Å². The molecular weight excluding hydrogens is 268 g/mol. The molecule has 2 fully saturated rings. The summed E-state index contributed by atoms with van der Waals surface area (Å²) in [6.07, 6.45) is 3.59. The fraction of sp³-hybridized carbons (Fsp3) is 0.875. The summed E-state index contributed by atoms with van der Waals surface area (Å²) in [7, 11) is 0. The van der Waals surface area contributed by atoms with E-state index in [1.807, 2.05) is 25.7 Å². The van der Waals surface area contributed by atoms with E-state index in [1.165, 1.54) is 0 Å². The smallest absolute Gasteiger partial charge is 0.245 e. The number of rotatable bonds is 2. The van der Waals surface area contributed by atoms with Crippen LogP contribution in [0, 0.1) is 11.3 Å². The van der Waals surface area contributed by atoms with Gasteiger partial charge in [0.15, 0.2) is 0 Å². The zero-order valence-electron chi connectivity index (χ0n) is 13.5. The molecule has 2 rings (SSSR count). The summed E-state index contributed by atoms with van der Waals surface area (Å²) in [5, 5.41) is 9.30. The molecule has 2 aliphatic heterocycles. The molecule has 0 aliphatic carbocycles. The van der Waals surface area contributed by atoms with Crippen molar-refractivity contribution in [1.29, 1.82) is 0 Å². The predicted octanol–water partition coefficient (Wildman–Crippen LogP) is 1.25. The van der Waals surface area contributed by atoms with Gasteiger partial charge in [0.1, 0.15) is 6.04 Å². The Morgan fingerprint density at radius 2 is 1.81 bits per heavy atom. The van der Waals surface area contributed by atoms with Crippen molar-refractivity contribution < 1.29 is 14.7 Å². The van der Waals surface area contributed by atoms with Gasteiger partial charge in [-0.25, -0.2) is 0 Å². The van der Waals surface area contributed by atoms with E-state index in [0.29, 0.717) is 13.1 Å². The van der Waals surface area contributed by atoms with Gasteiger partial charge in [0.2, 0.25) is 11.8 Å². The minimum atomic E-state index is -0.446. The van der Waals surface area contributed by atoms with Crippen LogP contribution in [0.25, 0.3) is 0 Å². The third-order valence-electron chi connectivity index (χ3n) is 4.53. The number of hydrogen-bond acceptors (Lipinski definition) is 3. The summed E-state index contributed by atoms with van der Waals surface area (Å²) in [6.45, 7) is 7.91. The third kappa shape index (κ3) is 3.57. The number of carbonyl (C=O) groups excluding carboxylic acids is 2. The zero-order chi connectivity index (χ0) is 15.6. The van der Waals surface area contributed by atoms with Gasteiger partial charge >= 0.3 is 0 Å². The fourth-order valence-electron chi connectivity index (χ4n) is 3.32. The highest BCUT2D eigenvalue weighted by molar-refractivity contribution is 5.90. The minimum absolute atomic E-state index is 0.0640. The van der Waals surface area contributed by atoms with E-state index in [9.17, 15) is 14.7 Å². The van der Waals surface area contributed by atoms with Gasteiger partial charge in [-0.3, -0.25) is 9.59 Å². The summed E-state index contributed by atoms with van der Waals surface area (Å²) in [5.74, 6) is 0.327. The number of carbonyl (C=O) groups is 2. The molecular formula is C16H28N2O3. The van der Waals surface area contributed by atoms with Crippen molar-refractivity contribution in [2.75, 3.05) is 26.2 Å². The van der Waals surface area contributed by atoms with E-state index in [1.54, 1.807) is 4.90 Å². The van der Waals surface area contributed by atoms with Crippen molar-refractivity contribution in [1.82, 2.24) is 9.80 Å². The van der Waals surface area contributed by atoms with Crippen LogP contribution in [0.5, 0.6) is 0 Å². The number of piperidine rings is 1. The van der Waals surface area contributed by atoms with Crippen molar-refractivity contribution >= 4 is 11.8 Å². The molecule has 2 atom stereocenters. The number of amides is 2. The van der Waals surface area contributed by atoms with Crippen LogP contribution in [0.4, 0.5) is 0 Å². The Balaban J connectivity index is 2.05. The molecule has 2 amide bonds. The van der Waals surface area contributed by atoms with Crippen molar-refractivity contribution in [2.24, 2.45) is 11.3 Å². The molecule has 5 nitrogen and oxygen atoms in total. The number of aliphatic hydroxyl groups excluding tert-OH is 1. The molecule has 0 aromatic rings. The maximum Gasteiger partial charge on any atom is 0.245 e. The lowest BCUT2D eigenvalue weighted by molar-refractivity contribution is -0.149. The highest BCUT2D eigenvalue weighted by Gasteiger charge is 2.40. The molecule has 1 N–H and O–H groups in total. The number of hydrogen-bond donors (Lipinski definition) is 1. The summed E-state index contributed by atoms with van der Waals surface area (Å²) in [6, 6.07) is -0.297. The zero-order valence-corrected chi connectivity index (χ0v) is 13.5. The molecule has 0 bridgehead atoms. The van der Waals surface area contributed by atoms with E-state index in [2.05, 4.69) is 0 Å². The van der Waals surface area contributed by atoms with Gasteiger partial charge < -0.3 is 14.9 Å². The second kappa shape index (κ2) is 6.34. The van der Waals surface area contributed by atoms with Gasteiger partial charge in [-0.15, -0.1) is 0 Å². The molecule has 2 unspecified atom stereocenters. The first-order chi connectivity index (χ1) is 9.84. The Kier molecular flexibility index (Phi) is 4.91. The SMILES string of the molecule is CC(C)(C)C(=O)N1CCCC1C(=O)N1CCCC(CO)C1. The van der Waals surface area contributed by atoms with Gasteiger partial charge in [-0.05, 0) is 31.6 Å². The maximum atomic E-state index is 12.8. The van der Waals surface area contributed by atoms with E-state index in [4.69, 9.17) is 0 Å². The van der Waals surface area contributed by atoms with E-state index in [-0.39, 0.29) is 30.4 Å². The van der Waals surface area contributed by atoms with Gasteiger partial charge in [0.05, 0.1) is 0 Å². The number of aliphatic hydroxyl groups is 1. The normalized spacial score (nSPS) is 27.0. The average Bonchev–Trinajstić information content (AvgIpc) is 2.93. The highest BCUT2D eigenvalue weighted by Crippen LogP contribution is 2.27. The summed E-state index contributed by atoms with van der Waals surface area (Å²) >= 11 is 0. The molecule has 0 spiro atoms. The largest absolute Gasteiger partial charge is 0.396 e. The van der Waals surface area contributed by atoms with Gasteiger partial charge in [-0.1, -0.05) is 20.8 Å². The van der Waals surface area contributed by atoms with Crippen LogP contribution in [0.15, 0.2) is 0 Å². The van der Waals surface area contributed by atoms with E-state index < -0.39 is 5.41 Å². The lowest BCUT2D eigenvalue weighted by atomic mass is 9.94. The van der Waals surface area contributed by atoms with Gasteiger partial charge in [-0.2, -0.15) is 0 Å². The molecule has 21 heavy (non-hydrogen) atoms. The van der Waals surface area contributed by atoms with Crippen LogP contribution >= 0.6 is 0 Å².